The Morgan fingerprint density at radius 2 is 1.79 bits per heavy atom. The first kappa shape index (κ1) is 22.3. The highest BCUT2D eigenvalue weighted by molar-refractivity contribution is 6.48. The number of anilines is 1. The molecule has 0 aliphatic carbocycles. The van der Waals surface area contributed by atoms with Crippen LogP contribution in [-0.4, -0.2) is 44.5 Å². The summed E-state index contributed by atoms with van der Waals surface area (Å²) in [5.41, 5.74) is 1.04. The number of ether oxygens (including phenoxy) is 1. The van der Waals surface area contributed by atoms with E-state index >= 15 is 0 Å². The average molecular weight is 386 g/mol. The second kappa shape index (κ2) is 8.98. The standard InChI is InChI=1S/C21H31BN2O4/c1-7-26-19(25)15-18(22-27-20(2,3)21(4,5)28-22)16-9-11-17(12-10-16)24(6)14-8-13-23/h9-12,18H,7-8,14-15H2,1-6H3. The minimum atomic E-state index is -0.531. The average Bonchev–Trinajstić information content (AvgIpc) is 2.85. The van der Waals surface area contributed by atoms with Gasteiger partial charge in [0.2, 0.25) is 0 Å². The number of benzene rings is 1. The Morgan fingerprint density at radius 3 is 2.29 bits per heavy atom. The number of hydrogen-bond acceptors (Lipinski definition) is 6. The minimum Gasteiger partial charge on any atom is -0.466 e. The van der Waals surface area contributed by atoms with Gasteiger partial charge in [-0.1, -0.05) is 12.1 Å². The maximum atomic E-state index is 12.2. The van der Waals surface area contributed by atoms with Crippen molar-refractivity contribution < 1.29 is 18.8 Å². The molecule has 0 bridgehead atoms. The van der Waals surface area contributed by atoms with Gasteiger partial charge in [-0.2, -0.15) is 5.26 Å². The van der Waals surface area contributed by atoms with E-state index in [9.17, 15) is 4.79 Å². The van der Waals surface area contributed by atoms with Gasteiger partial charge in [0, 0.05) is 25.1 Å². The molecule has 1 atom stereocenters. The van der Waals surface area contributed by atoms with Gasteiger partial charge in [-0.25, -0.2) is 0 Å². The molecule has 1 saturated heterocycles. The Kier molecular flexibility index (Phi) is 7.14. The van der Waals surface area contributed by atoms with Crippen molar-refractivity contribution in [1.82, 2.24) is 0 Å². The van der Waals surface area contributed by atoms with E-state index in [1.54, 1.807) is 6.92 Å². The molecule has 7 heteroatoms. The van der Waals surface area contributed by atoms with Crippen LogP contribution in [0.5, 0.6) is 0 Å². The van der Waals surface area contributed by atoms with Gasteiger partial charge in [0.05, 0.1) is 36.7 Å². The Balaban J connectivity index is 2.25. The lowest BCUT2D eigenvalue weighted by molar-refractivity contribution is -0.143. The monoisotopic (exact) mass is 386 g/mol. The van der Waals surface area contributed by atoms with Crippen LogP contribution < -0.4 is 4.90 Å². The highest BCUT2D eigenvalue weighted by atomic mass is 16.7. The van der Waals surface area contributed by atoms with E-state index in [1.807, 2.05) is 63.9 Å². The summed E-state index contributed by atoms with van der Waals surface area (Å²) in [5, 5.41) is 8.76. The summed E-state index contributed by atoms with van der Waals surface area (Å²) < 4.78 is 17.6. The second-order valence-corrected chi connectivity index (χ2v) is 8.16. The van der Waals surface area contributed by atoms with Crippen molar-refractivity contribution in [1.29, 1.82) is 5.26 Å². The number of carbonyl (C=O) groups excluding carboxylic acids is 1. The molecule has 0 amide bonds. The van der Waals surface area contributed by atoms with Crippen molar-refractivity contribution >= 4 is 18.8 Å². The molecule has 6 nitrogen and oxygen atoms in total. The summed E-state index contributed by atoms with van der Waals surface area (Å²) in [6, 6.07) is 10.1. The molecule has 2 rings (SSSR count). The lowest BCUT2D eigenvalue weighted by atomic mass is 9.66. The Bertz CT molecular complexity index is 696. The van der Waals surface area contributed by atoms with E-state index in [4.69, 9.17) is 19.3 Å². The second-order valence-electron chi connectivity index (χ2n) is 8.16. The third-order valence-corrected chi connectivity index (χ3v) is 5.61. The number of carbonyl (C=O) groups is 1. The number of nitriles is 1. The van der Waals surface area contributed by atoms with E-state index in [0.717, 1.165) is 11.3 Å². The summed E-state index contributed by atoms with van der Waals surface area (Å²) in [7, 11) is 1.42. The predicted octanol–water partition coefficient (Wildman–Crippen LogP) is 3.70. The fraction of sp³-hybridized carbons (Fsp3) is 0.619. The smallest absolute Gasteiger partial charge is 0.466 e. The summed E-state index contributed by atoms with van der Waals surface area (Å²) in [4.78, 5) is 14.3. The minimum absolute atomic E-state index is 0.189. The molecule has 1 aliphatic heterocycles. The van der Waals surface area contributed by atoms with Crippen LogP contribution in [0.15, 0.2) is 24.3 Å². The molecule has 0 saturated carbocycles. The van der Waals surface area contributed by atoms with Crippen molar-refractivity contribution in [2.24, 2.45) is 0 Å². The molecule has 0 radical (unpaired) electrons. The summed E-state index contributed by atoms with van der Waals surface area (Å²) >= 11 is 0. The molecule has 1 fully saturated rings. The molecule has 0 aromatic heterocycles. The van der Waals surface area contributed by atoms with E-state index < -0.39 is 18.3 Å². The summed E-state index contributed by atoms with van der Waals surface area (Å²) in [6.07, 6.45) is 0.659. The van der Waals surface area contributed by atoms with Crippen molar-refractivity contribution in [2.75, 3.05) is 25.1 Å². The summed E-state index contributed by atoms with van der Waals surface area (Å²) in [5.74, 6) is -0.531. The molecular formula is C21H31BN2O4. The molecule has 28 heavy (non-hydrogen) atoms. The van der Waals surface area contributed by atoms with Crippen molar-refractivity contribution in [3.05, 3.63) is 29.8 Å². The van der Waals surface area contributed by atoms with Crippen LogP contribution in [0.4, 0.5) is 5.69 Å². The van der Waals surface area contributed by atoms with Crippen LogP contribution in [0.1, 0.15) is 58.8 Å². The van der Waals surface area contributed by atoms with E-state index in [1.165, 1.54) is 0 Å². The van der Waals surface area contributed by atoms with Gasteiger partial charge >= 0.3 is 13.1 Å². The van der Waals surface area contributed by atoms with E-state index in [-0.39, 0.29) is 18.2 Å². The zero-order chi connectivity index (χ0) is 20.9. The number of nitrogens with zero attached hydrogens (tertiary/aromatic N) is 2. The van der Waals surface area contributed by atoms with Gasteiger partial charge in [0.15, 0.2) is 0 Å². The van der Waals surface area contributed by atoms with Crippen molar-refractivity contribution in [3.63, 3.8) is 0 Å². The topological polar surface area (TPSA) is 71.8 Å². The molecular weight excluding hydrogens is 355 g/mol. The van der Waals surface area contributed by atoms with Gasteiger partial charge < -0.3 is 18.9 Å². The number of hydrogen-bond donors (Lipinski definition) is 0. The zero-order valence-electron chi connectivity index (χ0n) is 17.8. The van der Waals surface area contributed by atoms with Gasteiger partial charge in [0.1, 0.15) is 0 Å². The van der Waals surface area contributed by atoms with E-state index in [2.05, 4.69) is 6.07 Å². The Hall–Kier alpha value is -2.04. The summed E-state index contributed by atoms with van der Waals surface area (Å²) in [6.45, 7) is 10.8. The molecule has 1 aromatic rings. The highest BCUT2D eigenvalue weighted by Crippen LogP contribution is 2.42. The quantitative estimate of drug-likeness (QED) is 0.501. The SMILES string of the molecule is CCOC(=O)CC(B1OC(C)(C)C(C)(C)O1)c1ccc(N(C)CCC#N)cc1. The zero-order valence-corrected chi connectivity index (χ0v) is 17.8. The molecule has 1 heterocycles. The lowest BCUT2D eigenvalue weighted by Crippen LogP contribution is -2.41. The number of esters is 1. The molecule has 0 spiro atoms. The molecule has 1 aromatic carbocycles. The first-order valence-corrected chi connectivity index (χ1v) is 9.80. The van der Waals surface area contributed by atoms with Crippen LogP contribution in [0, 0.1) is 11.3 Å². The first-order chi connectivity index (χ1) is 13.1. The lowest BCUT2D eigenvalue weighted by Gasteiger charge is -2.32. The van der Waals surface area contributed by atoms with Gasteiger partial charge in [0.25, 0.3) is 0 Å². The van der Waals surface area contributed by atoms with Crippen molar-refractivity contribution in [3.8, 4) is 6.07 Å². The Labute approximate surface area is 168 Å². The largest absolute Gasteiger partial charge is 0.466 e. The van der Waals surface area contributed by atoms with Crippen LogP contribution in [0.3, 0.4) is 0 Å². The molecule has 152 valence electrons. The Morgan fingerprint density at radius 1 is 1.21 bits per heavy atom. The van der Waals surface area contributed by atoms with Gasteiger partial charge in [-0.3, -0.25) is 4.79 Å². The fourth-order valence-electron chi connectivity index (χ4n) is 3.15. The predicted molar refractivity (Wildman–Crippen MR) is 110 cm³/mol. The maximum absolute atomic E-state index is 12.2. The third-order valence-electron chi connectivity index (χ3n) is 5.61. The first-order valence-electron chi connectivity index (χ1n) is 9.80. The highest BCUT2D eigenvalue weighted by Gasteiger charge is 2.54. The van der Waals surface area contributed by atoms with E-state index in [0.29, 0.717) is 19.6 Å². The van der Waals surface area contributed by atoms with Crippen LogP contribution in [0.2, 0.25) is 0 Å². The normalized spacial score (nSPS) is 18.4. The van der Waals surface area contributed by atoms with Crippen molar-refractivity contribution in [2.45, 2.75) is 64.5 Å². The van der Waals surface area contributed by atoms with Gasteiger partial charge in [-0.15, -0.1) is 0 Å². The molecule has 0 N–H and O–H groups in total. The fourth-order valence-corrected chi connectivity index (χ4v) is 3.15. The maximum Gasteiger partial charge on any atom is 0.466 e. The van der Waals surface area contributed by atoms with Crippen LogP contribution in [0.25, 0.3) is 0 Å². The molecule has 1 aliphatic rings. The van der Waals surface area contributed by atoms with Crippen LogP contribution >= 0.6 is 0 Å². The number of rotatable bonds is 8. The van der Waals surface area contributed by atoms with Crippen LogP contribution in [-0.2, 0) is 18.8 Å². The third kappa shape index (κ3) is 5.06. The molecule has 1 unspecified atom stereocenters. The van der Waals surface area contributed by atoms with Gasteiger partial charge in [-0.05, 0) is 52.3 Å².